The molecule has 2 aromatic carbocycles. The quantitative estimate of drug-likeness (QED) is 0.635. The highest BCUT2D eigenvalue weighted by molar-refractivity contribution is 5.94. The molecule has 136 valence electrons. The summed E-state index contributed by atoms with van der Waals surface area (Å²) in [6, 6.07) is 15.7. The van der Waals surface area contributed by atoms with Gasteiger partial charge in [0.25, 0.3) is 5.91 Å². The third-order valence-corrected chi connectivity index (χ3v) is 3.94. The monoisotopic (exact) mass is 354 g/mol. The molecule has 1 atom stereocenters. The van der Waals surface area contributed by atoms with Crippen LogP contribution >= 0.6 is 0 Å². The summed E-state index contributed by atoms with van der Waals surface area (Å²) in [5.74, 6) is -1.90. The molecule has 0 fully saturated rings. The number of hydrogen-bond acceptors (Lipinski definition) is 3. The Labute approximate surface area is 152 Å². The molecule has 0 aliphatic heterocycles. The summed E-state index contributed by atoms with van der Waals surface area (Å²) in [4.78, 5) is 34.9. The van der Waals surface area contributed by atoms with Crippen LogP contribution in [0.5, 0.6) is 0 Å². The van der Waals surface area contributed by atoms with Gasteiger partial charge in [0.05, 0.1) is 5.92 Å². The molecule has 0 spiro atoms. The van der Waals surface area contributed by atoms with E-state index in [0.29, 0.717) is 29.8 Å². The van der Waals surface area contributed by atoms with Gasteiger partial charge in [-0.1, -0.05) is 30.3 Å². The lowest BCUT2D eigenvalue weighted by atomic mass is 10.0. The Morgan fingerprint density at radius 2 is 1.77 bits per heavy atom. The summed E-state index contributed by atoms with van der Waals surface area (Å²) in [6.07, 6.45) is 0.767. The topological polar surface area (TPSA) is 95.5 Å². The van der Waals surface area contributed by atoms with Gasteiger partial charge in [0, 0.05) is 24.2 Å². The molecule has 26 heavy (non-hydrogen) atoms. The van der Waals surface area contributed by atoms with E-state index in [2.05, 4.69) is 10.6 Å². The number of aliphatic carboxylic acids is 1. The fourth-order valence-electron chi connectivity index (χ4n) is 2.39. The molecular weight excluding hydrogens is 332 g/mol. The standard InChI is InChI=1S/C20H22N2O4/c1-14(20(25)26)16-9-5-10-17(13-16)22-18(23)11-6-12-21-19(24)15-7-3-2-4-8-15/h2-5,7-10,13-14H,6,11-12H2,1H3,(H,21,24)(H,22,23)(H,25,26). The molecule has 0 heterocycles. The number of carboxylic acid groups (broad SMARTS) is 1. The predicted molar refractivity (Wildman–Crippen MR) is 99.1 cm³/mol. The maximum absolute atomic E-state index is 12.0. The lowest BCUT2D eigenvalue weighted by Gasteiger charge is -2.10. The van der Waals surface area contributed by atoms with Crippen LogP contribution < -0.4 is 10.6 Å². The Morgan fingerprint density at radius 3 is 2.46 bits per heavy atom. The van der Waals surface area contributed by atoms with Gasteiger partial charge in [-0.05, 0) is 43.2 Å². The van der Waals surface area contributed by atoms with Gasteiger partial charge in [-0.2, -0.15) is 0 Å². The Bertz CT molecular complexity index is 774. The van der Waals surface area contributed by atoms with Crippen LogP contribution in [0.25, 0.3) is 0 Å². The average Bonchev–Trinajstić information content (AvgIpc) is 2.65. The van der Waals surface area contributed by atoms with Crippen LogP contribution in [0.3, 0.4) is 0 Å². The number of anilines is 1. The van der Waals surface area contributed by atoms with E-state index in [0.717, 1.165) is 0 Å². The minimum Gasteiger partial charge on any atom is -0.481 e. The van der Waals surface area contributed by atoms with Crippen molar-refractivity contribution in [2.45, 2.75) is 25.7 Å². The number of carbonyl (C=O) groups is 3. The molecule has 0 radical (unpaired) electrons. The van der Waals surface area contributed by atoms with E-state index in [1.165, 1.54) is 0 Å². The Kier molecular flexibility index (Phi) is 6.91. The van der Waals surface area contributed by atoms with Crippen molar-refractivity contribution in [2.24, 2.45) is 0 Å². The molecule has 2 amide bonds. The third kappa shape index (κ3) is 5.73. The molecule has 0 saturated carbocycles. The van der Waals surface area contributed by atoms with Crippen LogP contribution in [0, 0.1) is 0 Å². The lowest BCUT2D eigenvalue weighted by molar-refractivity contribution is -0.138. The number of hydrogen-bond donors (Lipinski definition) is 3. The van der Waals surface area contributed by atoms with Gasteiger partial charge in [0.15, 0.2) is 0 Å². The summed E-state index contributed by atoms with van der Waals surface area (Å²) >= 11 is 0. The minimum atomic E-state index is -0.914. The lowest BCUT2D eigenvalue weighted by Crippen LogP contribution is -2.25. The third-order valence-electron chi connectivity index (χ3n) is 3.94. The highest BCUT2D eigenvalue weighted by Crippen LogP contribution is 2.19. The molecule has 0 bridgehead atoms. The van der Waals surface area contributed by atoms with Crippen molar-refractivity contribution in [1.29, 1.82) is 0 Å². The maximum atomic E-state index is 12.0. The molecule has 6 heteroatoms. The number of nitrogens with one attached hydrogen (secondary N) is 2. The molecule has 0 saturated heterocycles. The van der Waals surface area contributed by atoms with Crippen molar-refractivity contribution >= 4 is 23.5 Å². The van der Waals surface area contributed by atoms with Gasteiger partial charge in [-0.3, -0.25) is 14.4 Å². The zero-order valence-corrected chi connectivity index (χ0v) is 14.6. The smallest absolute Gasteiger partial charge is 0.310 e. The van der Waals surface area contributed by atoms with E-state index in [-0.39, 0.29) is 18.2 Å². The van der Waals surface area contributed by atoms with Crippen LogP contribution in [0.4, 0.5) is 5.69 Å². The van der Waals surface area contributed by atoms with Crippen LogP contribution in [0.1, 0.15) is 41.6 Å². The van der Waals surface area contributed by atoms with E-state index in [9.17, 15) is 14.4 Å². The fourth-order valence-corrected chi connectivity index (χ4v) is 2.39. The van der Waals surface area contributed by atoms with E-state index in [1.807, 2.05) is 6.07 Å². The summed E-state index contributed by atoms with van der Waals surface area (Å²) < 4.78 is 0. The summed E-state index contributed by atoms with van der Waals surface area (Å²) in [5, 5.41) is 14.6. The first kappa shape index (κ1) is 19.2. The van der Waals surface area contributed by atoms with Crippen LogP contribution in [0.2, 0.25) is 0 Å². The molecule has 6 nitrogen and oxygen atoms in total. The van der Waals surface area contributed by atoms with Crippen molar-refractivity contribution in [1.82, 2.24) is 5.32 Å². The minimum absolute atomic E-state index is 0.165. The molecule has 1 unspecified atom stereocenters. The van der Waals surface area contributed by atoms with Gasteiger partial charge in [-0.15, -0.1) is 0 Å². The van der Waals surface area contributed by atoms with Crippen LogP contribution in [0.15, 0.2) is 54.6 Å². The predicted octanol–water partition coefficient (Wildman–Crippen LogP) is 3.02. The van der Waals surface area contributed by atoms with Crippen molar-refractivity contribution in [3.05, 3.63) is 65.7 Å². The number of carboxylic acids is 1. The first-order valence-electron chi connectivity index (χ1n) is 8.43. The maximum Gasteiger partial charge on any atom is 0.310 e. The van der Waals surface area contributed by atoms with Gasteiger partial charge < -0.3 is 15.7 Å². The van der Waals surface area contributed by atoms with Gasteiger partial charge in [0.2, 0.25) is 5.91 Å². The van der Waals surface area contributed by atoms with E-state index in [1.54, 1.807) is 55.5 Å². The number of rotatable bonds is 8. The molecule has 2 aromatic rings. The molecule has 0 aliphatic carbocycles. The summed E-state index contributed by atoms with van der Waals surface area (Å²) in [5.41, 5.74) is 1.78. The van der Waals surface area contributed by atoms with Crippen molar-refractivity contribution in [3.63, 3.8) is 0 Å². The van der Waals surface area contributed by atoms with Crippen molar-refractivity contribution < 1.29 is 19.5 Å². The fraction of sp³-hybridized carbons (Fsp3) is 0.250. The second kappa shape index (κ2) is 9.36. The van der Waals surface area contributed by atoms with Crippen molar-refractivity contribution in [2.75, 3.05) is 11.9 Å². The Morgan fingerprint density at radius 1 is 1.04 bits per heavy atom. The number of benzene rings is 2. The first-order chi connectivity index (χ1) is 12.5. The zero-order valence-electron chi connectivity index (χ0n) is 14.6. The highest BCUT2D eigenvalue weighted by Gasteiger charge is 2.14. The molecular formula is C20H22N2O4. The first-order valence-corrected chi connectivity index (χ1v) is 8.43. The molecule has 3 N–H and O–H groups in total. The van der Waals surface area contributed by atoms with Crippen LogP contribution in [-0.2, 0) is 9.59 Å². The number of amides is 2. The Balaban J connectivity index is 1.76. The average molecular weight is 354 g/mol. The molecule has 0 aromatic heterocycles. The van der Waals surface area contributed by atoms with Gasteiger partial charge in [-0.25, -0.2) is 0 Å². The second-order valence-corrected chi connectivity index (χ2v) is 5.96. The highest BCUT2D eigenvalue weighted by atomic mass is 16.4. The normalized spacial score (nSPS) is 11.4. The Hall–Kier alpha value is -3.15. The molecule has 2 rings (SSSR count). The van der Waals surface area contributed by atoms with Gasteiger partial charge in [0.1, 0.15) is 0 Å². The second-order valence-electron chi connectivity index (χ2n) is 5.96. The van der Waals surface area contributed by atoms with Gasteiger partial charge >= 0.3 is 5.97 Å². The SMILES string of the molecule is CC(C(=O)O)c1cccc(NC(=O)CCCNC(=O)c2ccccc2)c1. The summed E-state index contributed by atoms with van der Waals surface area (Å²) in [6.45, 7) is 2.00. The van der Waals surface area contributed by atoms with Crippen LogP contribution in [-0.4, -0.2) is 29.4 Å². The van der Waals surface area contributed by atoms with E-state index in [4.69, 9.17) is 5.11 Å². The van der Waals surface area contributed by atoms with E-state index < -0.39 is 11.9 Å². The number of carbonyl (C=O) groups excluding carboxylic acids is 2. The van der Waals surface area contributed by atoms with E-state index >= 15 is 0 Å². The molecule has 0 aliphatic rings. The summed E-state index contributed by atoms with van der Waals surface area (Å²) in [7, 11) is 0. The zero-order chi connectivity index (χ0) is 18.9. The van der Waals surface area contributed by atoms with Crippen molar-refractivity contribution in [3.8, 4) is 0 Å². The largest absolute Gasteiger partial charge is 0.481 e.